The summed E-state index contributed by atoms with van der Waals surface area (Å²) in [7, 11) is 2.22. The SMILES string of the molecule is CCCC(C)N(C)CCC1(N)CCC1. The minimum absolute atomic E-state index is 0.195. The zero-order valence-corrected chi connectivity index (χ0v) is 10.1. The summed E-state index contributed by atoms with van der Waals surface area (Å²) in [4.78, 5) is 2.45. The summed E-state index contributed by atoms with van der Waals surface area (Å²) in [5.41, 5.74) is 6.39. The molecule has 2 nitrogen and oxygen atoms in total. The lowest BCUT2D eigenvalue weighted by atomic mass is 9.75. The molecule has 1 unspecified atom stereocenters. The molecule has 0 spiro atoms. The van der Waals surface area contributed by atoms with Crippen LogP contribution in [0.2, 0.25) is 0 Å². The van der Waals surface area contributed by atoms with Gasteiger partial charge in [0.1, 0.15) is 0 Å². The summed E-state index contributed by atoms with van der Waals surface area (Å²) in [6, 6.07) is 0.712. The number of hydrogen-bond donors (Lipinski definition) is 1. The first-order valence-corrected chi connectivity index (χ1v) is 6.06. The maximum atomic E-state index is 6.20. The van der Waals surface area contributed by atoms with Gasteiger partial charge in [-0.2, -0.15) is 0 Å². The van der Waals surface area contributed by atoms with Crippen molar-refractivity contribution in [1.82, 2.24) is 4.90 Å². The fourth-order valence-corrected chi connectivity index (χ4v) is 2.14. The van der Waals surface area contributed by atoms with E-state index >= 15 is 0 Å². The second kappa shape index (κ2) is 5.13. The molecule has 1 aliphatic rings. The normalized spacial score (nSPS) is 22.1. The number of nitrogens with two attached hydrogens (primary N) is 1. The van der Waals surface area contributed by atoms with Gasteiger partial charge in [0.25, 0.3) is 0 Å². The van der Waals surface area contributed by atoms with Crippen molar-refractivity contribution in [2.75, 3.05) is 13.6 Å². The molecule has 0 bridgehead atoms. The van der Waals surface area contributed by atoms with Gasteiger partial charge in [-0.3, -0.25) is 0 Å². The highest BCUT2D eigenvalue weighted by Crippen LogP contribution is 2.32. The molecule has 2 N–H and O–H groups in total. The third-order valence-corrected chi connectivity index (χ3v) is 3.77. The molecule has 0 heterocycles. The quantitative estimate of drug-likeness (QED) is 0.710. The molecular formula is C12H26N2. The maximum absolute atomic E-state index is 6.20. The van der Waals surface area contributed by atoms with Gasteiger partial charge >= 0.3 is 0 Å². The zero-order chi connectivity index (χ0) is 10.6. The van der Waals surface area contributed by atoms with E-state index in [2.05, 4.69) is 25.8 Å². The highest BCUT2D eigenvalue weighted by molar-refractivity contribution is 4.93. The molecule has 0 amide bonds. The third-order valence-electron chi connectivity index (χ3n) is 3.77. The smallest absolute Gasteiger partial charge is 0.0166 e. The Bertz CT molecular complexity index is 164. The van der Waals surface area contributed by atoms with Crippen LogP contribution in [0.15, 0.2) is 0 Å². The van der Waals surface area contributed by atoms with E-state index < -0.39 is 0 Å². The summed E-state index contributed by atoms with van der Waals surface area (Å²) < 4.78 is 0. The van der Waals surface area contributed by atoms with Gasteiger partial charge in [0, 0.05) is 11.6 Å². The van der Waals surface area contributed by atoms with Gasteiger partial charge in [-0.1, -0.05) is 13.3 Å². The maximum Gasteiger partial charge on any atom is 0.0166 e. The molecule has 0 aliphatic heterocycles. The lowest BCUT2D eigenvalue weighted by molar-refractivity contribution is 0.171. The molecule has 0 radical (unpaired) electrons. The Morgan fingerprint density at radius 2 is 2.07 bits per heavy atom. The van der Waals surface area contributed by atoms with Crippen LogP contribution in [-0.2, 0) is 0 Å². The number of hydrogen-bond acceptors (Lipinski definition) is 2. The van der Waals surface area contributed by atoms with Crippen molar-refractivity contribution in [3.63, 3.8) is 0 Å². The van der Waals surface area contributed by atoms with Crippen molar-refractivity contribution in [3.8, 4) is 0 Å². The molecule has 0 aromatic carbocycles. The van der Waals surface area contributed by atoms with E-state index in [1.807, 2.05) is 0 Å². The summed E-state index contributed by atoms with van der Waals surface area (Å²) in [6.45, 7) is 5.73. The average molecular weight is 198 g/mol. The van der Waals surface area contributed by atoms with Gasteiger partial charge in [0.15, 0.2) is 0 Å². The van der Waals surface area contributed by atoms with Gasteiger partial charge < -0.3 is 10.6 Å². The van der Waals surface area contributed by atoms with Crippen LogP contribution in [0.25, 0.3) is 0 Å². The Balaban J connectivity index is 2.16. The predicted octanol–water partition coefficient (Wildman–Crippen LogP) is 2.38. The predicted molar refractivity (Wildman–Crippen MR) is 62.4 cm³/mol. The van der Waals surface area contributed by atoms with Gasteiger partial charge in [0.05, 0.1) is 0 Å². The Kier molecular flexibility index (Phi) is 4.39. The highest BCUT2D eigenvalue weighted by atomic mass is 15.1. The molecular weight excluding hydrogens is 172 g/mol. The van der Waals surface area contributed by atoms with Crippen LogP contribution < -0.4 is 5.73 Å². The van der Waals surface area contributed by atoms with Crippen molar-refractivity contribution in [3.05, 3.63) is 0 Å². The summed E-state index contributed by atoms with van der Waals surface area (Å²) in [5, 5.41) is 0. The van der Waals surface area contributed by atoms with Crippen LogP contribution in [0.4, 0.5) is 0 Å². The van der Waals surface area contributed by atoms with Gasteiger partial charge in [-0.05, 0) is 52.6 Å². The first-order chi connectivity index (χ1) is 6.57. The molecule has 0 aromatic heterocycles. The minimum Gasteiger partial charge on any atom is -0.325 e. The third kappa shape index (κ3) is 3.25. The van der Waals surface area contributed by atoms with E-state index in [1.54, 1.807) is 0 Å². The van der Waals surface area contributed by atoms with E-state index in [-0.39, 0.29) is 5.54 Å². The first kappa shape index (κ1) is 12.0. The van der Waals surface area contributed by atoms with Gasteiger partial charge in [-0.15, -0.1) is 0 Å². The molecule has 84 valence electrons. The fourth-order valence-electron chi connectivity index (χ4n) is 2.14. The molecule has 1 rings (SSSR count). The number of nitrogens with zero attached hydrogens (tertiary/aromatic N) is 1. The molecule has 1 fully saturated rings. The standard InChI is InChI=1S/C12H26N2/c1-4-6-11(2)14(3)10-9-12(13)7-5-8-12/h11H,4-10,13H2,1-3H3. The first-order valence-electron chi connectivity index (χ1n) is 6.06. The van der Waals surface area contributed by atoms with Crippen LogP contribution in [0.1, 0.15) is 52.4 Å². The molecule has 1 aliphatic carbocycles. The Hall–Kier alpha value is -0.0800. The van der Waals surface area contributed by atoms with Gasteiger partial charge in [0.2, 0.25) is 0 Å². The van der Waals surface area contributed by atoms with Crippen LogP contribution in [-0.4, -0.2) is 30.1 Å². The molecule has 1 saturated carbocycles. The highest BCUT2D eigenvalue weighted by Gasteiger charge is 2.32. The van der Waals surface area contributed by atoms with Gasteiger partial charge in [-0.25, -0.2) is 0 Å². The Morgan fingerprint density at radius 3 is 2.50 bits per heavy atom. The molecule has 0 saturated heterocycles. The molecule has 2 heteroatoms. The average Bonchev–Trinajstić information content (AvgIpc) is 2.11. The van der Waals surface area contributed by atoms with Crippen LogP contribution in [0, 0.1) is 0 Å². The minimum atomic E-state index is 0.195. The van der Waals surface area contributed by atoms with Crippen molar-refractivity contribution >= 4 is 0 Å². The molecule has 14 heavy (non-hydrogen) atoms. The Labute approximate surface area is 88.8 Å². The monoisotopic (exact) mass is 198 g/mol. The number of rotatable bonds is 6. The summed E-state index contributed by atoms with van der Waals surface area (Å²) in [5.74, 6) is 0. The fraction of sp³-hybridized carbons (Fsp3) is 1.00. The van der Waals surface area contributed by atoms with E-state index in [4.69, 9.17) is 5.73 Å². The van der Waals surface area contributed by atoms with E-state index in [1.165, 1.54) is 38.5 Å². The van der Waals surface area contributed by atoms with Crippen LogP contribution >= 0.6 is 0 Å². The van der Waals surface area contributed by atoms with Crippen LogP contribution in [0.3, 0.4) is 0 Å². The molecule has 0 aromatic rings. The zero-order valence-electron chi connectivity index (χ0n) is 10.1. The second-order valence-electron chi connectivity index (χ2n) is 5.08. The van der Waals surface area contributed by atoms with Crippen molar-refractivity contribution < 1.29 is 0 Å². The molecule has 1 atom stereocenters. The topological polar surface area (TPSA) is 29.3 Å². The van der Waals surface area contributed by atoms with E-state index in [0.29, 0.717) is 6.04 Å². The summed E-state index contributed by atoms with van der Waals surface area (Å²) in [6.07, 6.45) is 7.57. The van der Waals surface area contributed by atoms with E-state index in [0.717, 1.165) is 6.54 Å². The Morgan fingerprint density at radius 1 is 1.43 bits per heavy atom. The van der Waals surface area contributed by atoms with Crippen LogP contribution in [0.5, 0.6) is 0 Å². The lowest BCUT2D eigenvalue weighted by Gasteiger charge is -2.40. The lowest BCUT2D eigenvalue weighted by Crippen LogP contribution is -2.49. The largest absolute Gasteiger partial charge is 0.325 e. The summed E-state index contributed by atoms with van der Waals surface area (Å²) >= 11 is 0. The second-order valence-corrected chi connectivity index (χ2v) is 5.08. The van der Waals surface area contributed by atoms with Crippen molar-refractivity contribution in [2.45, 2.75) is 64.0 Å². The van der Waals surface area contributed by atoms with Crippen molar-refractivity contribution in [1.29, 1.82) is 0 Å². The van der Waals surface area contributed by atoms with Crippen molar-refractivity contribution in [2.24, 2.45) is 5.73 Å². The van der Waals surface area contributed by atoms with E-state index in [9.17, 15) is 0 Å².